The van der Waals surface area contributed by atoms with Gasteiger partial charge in [-0.15, -0.1) is 0 Å². The van der Waals surface area contributed by atoms with Gasteiger partial charge < -0.3 is 118 Å². The summed E-state index contributed by atoms with van der Waals surface area (Å²) in [4.78, 5) is 0. The molecule has 22 N–H and O–H groups in total. The average Bonchev–Trinajstić information content (AvgIpc) is 2.55. The Bertz CT molecular complexity index is 401. The molecule has 0 amide bonds. The number of rotatable bonds is 4. The van der Waals surface area contributed by atoms with Gasteiger partial charge >= 0.3 is 37.7 Å². The summed E-state index contributed by atoms with van der Waals surface area (Å²) in [6.07, 6.45) is -15.6. The van der Waals surface area contributed by atoms with E-state index in [1.165, 1.54) is 0 Å². The van der Waals surface area contributed by atoms with Crippen molar-refractivity contribution in [3.63, 3.8) is 0 Å². The van der Waals surface area contributed by atoms with Gasteiger partial charge in [0.1, 0.15) is 48.8 Å². The van der Waals surface area contributed by atoms with Gasteiger partial charge in [0.2, 0.25) is 0 Å². The van der Waals surface area contributed by atoms with Crippen molar-refractivity contribution in [2.24, 2.45) is 0 Å². The van der Waals surface area contributed by atoms with Gasteiger partial charge in [-0.3, -0.25) is 0 Å². The molecule has 10 atom stereocenters. The zero-order valence-electron chi connectivity index (χ0n) is 17.0. The molecule has 208 valence electrons. The Labute approximate surface area is 229 Å². The van der Waals surface area contributed by atoms with Crippen LogP contribution in [0.25, 0.3) is 0 Å². The van der Waals surface area contributed by atoms with Crippen LogP contribution in [0, 0.1) is 0 Å². The molecule has 0 unspecified atom stereocenters. The van der Waals surface area contributed by atoms with E-state index in [2.05, 4.69) is 0 Å². The van der Waals surface area contributed by atoms with E-state index in [9.17, 15) is 35.7 Å². The predicted octanol–water partition coefficient (Wildman–Crippen LogP) is -17.5. The van der Waals surface area contributed by atoms with Crippen molar-refractivity contribution in [3.8, 4) is 0 Å². The van der Waals surface area contributed by atoms with Gasteiger partial charge in [-0.25, -0.2) is 0 Å². The average molecular weight is 579 g/mol. The van der Waals surface area contributed by atoms with E-state index in [1.54, 1.807) is 0 Å². The van der Waals surface area contributed by atoms with Gasteiger partial charge in [-0.2, -0.15) is 0 Å². The summed E-state index contributed by atoms with van der Waals surface area (Å²) >= 11 is 0. The maximum atomic E-state index is 9.94. The minimum Gasteiger partial charge on any atom is -1.00 e. The van der Waals surface area contributed by atoms with Crippen LogP contribution in [0.5, 0.6) is 0 Å². The first-order valence-electron chi connectivity index (χ1n) is 7.08. The fourth-order valence-corrected chi connectivity index (χ4v) is 2.57. The smallest absolute Gasteiger partial charge is 1.00 e. The summed E-state index contributed by atoms with van der Waals surface area (Å²) in [5, 5.41) is 76.5. The van der Waals surface area contributed by atoms with Gasteiger partial charge in [-0.05, 0) is 0 Å². The molecular formula is C12H36CaCl2O18. The fourth-order valence-electron chi connectivity index (χ4n) is 2.57. The first-order valence-corrected chi connectivity index (χ1v) is 7.08. The van der Waals surface area contributed by atoms with E-state index in [-0.39, 0.29) is 101 Å². The predicted molar refractivity (Wildman–Crippen MR) is 99.7 cm³/mol. The van der Waals surface area contributed by atoms with Crippen molar-refractivity contribution in [3.05, 3.63) is 0 Å². The summed E-state index contributed by atoms with van der Waals surface area (Å²) < 4.78 is 15.3. The second-order valence-corrected chi connectivity index (χ2v) is 5.53. The summed E-state index contributed by atoms with van der Waals surface area (Å²) in [5.74, 6) is 0. The molecule has 2 heterocycles. The summed E-state index contributed by atoms with van der Waals surface area (Å²) in [5.41, 5.74) is 0. The number of aliphatic hydroxyl groups excluding tert-OH is 8. The van der Waals surface area contributed by atoms with Crippen LogP contribution in [0.2, 0.25) is 0 Å². The molecule has 18 nitrogen and oxygen atoms in total. The quantitative estimate of drug-likeness (QED) is 0.144. The first kappa shape index (κ1) is 59.3. The SMILES string of the molecule is O.O.O.O.O.O.O.OC[C@H]1O[C@@H](O[C@H]2[C@H](O)[C@@H](O)[C@H](O)O[C@@H]2CO)[C@H](O)[C@@H](O)[C@H]1O.[Ca+2].[Cl-].[Cl-]. The fraction of sp³-hybridized carbons (Fsp3) is 1.00. The third-order valence-electron chi connectivity index (χ3n) is 3.98. The molecule has 0 bridgehead atoms. The van der Waals surface area contributed by atoms with Crippen LogP contribution >= 0.6 is 0 Å². The molecule has 33 heavy (non-hydrogen) atoms. The molecule has 21 heteroatoms. The van der Waals surface area contributed by atoms with Crippen molar-refractivity contribution in [1.82, 2.24) is 0 Å². The molecule has 2 saturated heterocycles. The zero-order valence-corrected chi connectivity index (χ0v) is 20.7. The van der Waals surface area contributed by atoms with E-state index >= 15 is 0 Å². The van der Waals surface area contributed by atoms with E-state index in [0.717, 1.165) is 0 Å². The Balaban J connectivity index is -0.0000000823. The van der Waals surface area contributed by atoms with Gasteiger partial charge in [0.25, 0.3) is 0 Å². The van der Waals surface area contributed by atoms with E-state index in [0.29, 0.717) is 0 Å². The third-order valence-corrected chi connectivity index (χ3v) is 3.98. The number of ether oxygens (including phenoxy) is 3. The van der Waals surface area contributed by atoms with Crippen LogP contribution in [-0.2, 0) is 14.2 Å². The van der Waals surface area contributed by atoms with E-state index < -0.39 is 74.6 Å². The topological polar surface area (TPSA) is 410 Å². The van der Waals surface area contributed by atoms with E-state index in [4.69, 9.17) is 19.3 Å². The Morgan fingerprint density at radius 1 is 0.545 bits per heavy atom. The standard InChI is InChI=1S/C12H22O11.Ca.2ClH.7H2O/c13-1-3-5(15)6(16)9(19)12(22-3)23-10-4(2-14)21-11(20)8(18)7(10)17;;;;;;;;;;/h3-20H,1-2H2;;2*1H;7*1H2/q;+2;;;;;;;;;/p-2/t3-,4-,5+,6+,7-,8-,9-,10-,11-,12+;;;;;;;;;;/m1........../s1. The zero-order chi connectivity index (χ0) is 17.3. The molecule has 0 saturated carbocycles. The van der Waals surface area contributed by atoms with Crippen LogP contribution in [-0.4, -0.2) is 192 Å². The van der Waals surface area contributed by atoms with Crippen LogP contribution in [0.3, 0.4) is 0 Å². The number of hydrogen-bond acceptors (Lipinski definition) is 11. The van der Waals surface area contributed by atoms with Gasteiger partial charge in [0.15, 0.2) is 12.6 Å². The Kier molecular flexibility index (Phi) is 47.1. The van der Waals surface area contributed by atoms with Crippen molar-refractivity contribution >= 4 is 37.7 Å². The molecule has 0 aromatic carbocycles. The molecule has 2 aliphatic rings. The van der Waals surface area contributed by atoms with Crippen LogP contribution < -0.4 is 24.8 Å². The summed E-state index contributed by atoms with van der Waals surface area (Å²) in [6.45, 7) is -1.35. The summed E-state index contributed by atoms with van der Waals surface area (Å²) in [7, 11) is 0. The third kappa shape index (κ3) is 13.3. The minimum atomic E-state index is -1.74. The molecule has 0 aromatic heterocycles. The van der Waals surface area contributed by atoms with Crippen molar-refractivity contribution in [2.45, 2.75) is 61.4 Å². The molecular weight excluding hydrogens is 543 g/mol. The second kappa shape index (κ2) is 26.2. The molecule has 2 aliphatic heterocycles. The van der Waals surface area contributed by atoms with Gasteiger partial charge in [0.05, 0.1) is 13.2 Å². The monoisotopic (exact) mass is 578 g/mol. The van der Waals surface area contributed by atoms with Crippen molar-refractivity contribution in [1.29, 1.82) is 0 Å². The molecule has 0 radical (unpaired) electrons. The maximum absolute atomic E-state index is 9.94. The van der Waals surface area contributed by atoms with Crippen LogP contribution in [0.4, 0.5) is 0 Å². The molecule has 2 rings (SSSR count). The van der Waals surface area contributed by atoms with Gasteiger partial charge in [0, 0.05) is 0 Å². The Hall–Kier alpha value is 1.12. The molecule has 0 aliphatic carbocycles. The summed E-state index contributed by atoms with van der Waals surface area (Å²) in [6, 6.07) is 0. The largest absolute Gasteiger partial charge is 2.00 e. The maximum Gasteiger partial charge on any atom is 2.00 e. The van der Waals surface area contributed by atoms with E-state index in [1.807, 2.05) is 0 Å². The number of halogens is 2. The minimum absolute atomic E-state index is 0. The molecule has 0 spiro atoms. The van der Waals surface area contributed by atoms with Gasteiger partial charge in [-0.1, -0.05) is 0 Å². The molecule has 2 fully saturated rings. The van der Waals surface area contributed by atoms with Crippen molar-refractivity contribution in [2.75, 3.05) is 13.2 Å². The van der Waals surface area contributed by atoms with Crippen LogP contribution in [0.15, 0.2) is 0 Å². The van der Waals surface area contributed by atoms with Crippen molar-refractivity contribution < 1.29 is 118 Å². The molecule has 0 aromatic rings. The number of hydrogen-bond donors (Lipinski definition) is 8. The normalized spacial score (nSPS) is 36.0. The Morgan fingerprint density at radius 3 is 1.36 bits per heavy atom. The Morgan fingerprint density at radius 2 is 0.970 bits per heavy atom. The van der Waals surface area contributed by atoms with Crippen LogP contribution in [0.1, 0.15) is 0 Å². The first-order chi connectivity index (χ1) is 10.8. The second-order valence-electron chi connectivity index (χ2n) is 5.53. The number of aliphatic hydroxyl groups is 8.